The normalized spacial score (nSPS) is 24.0. The van der Waals surface area contributed by atoms with Crippen molar-refractivity contribution in [1.29, 1.82) is 10.8 Å². The average Bonchev–Trinajstić information content (AvgIpc) is 3.11. The van der Waals surface area contributed by atoms with Gasteiger partial charge in [-0.05, 0) is 34.4 Å². The Morgan fingerprint density at radius 2 is 0.914 bits per heavy atom. The molecule has 2 aliphatic rings. The number of alkyl halides is 6. The SMILES string of the molecule is N=C1C(=NN)C(O)C(c2ccc(-c3ccc(C4(S(=O)(=O)O)c5ccccc5C(=N)C(=NN)C4O)c(OC(F)(F)F)c3)cc2OC(F)(F)F)(S(=O)(=O)O)c2ccccc21. The monoisotopic (exact) mass is 856 g/mol. The van der Waals surface area contributed by atoms with Crippen molar-refractivity contribution in [2.45, 2.75) is 34.4 Å². The number of benzene rings is 4. The van der Waals surface area contributed by atoms with Crippen molar-refractivity contribution in [2.75, 3.05) is 0 Å². The molecular weight excluding hydrogens is 831 g/mol. The number of nitrogens with zero attached hydrogens (tertiary/aromatic N) is 2. The summed E-state index contributed by atoms with van der Waals surface area (Å²) in [4.78, 5) is 0. The van der Waals surface area contributed by atoms with Crippen molar-refractivity contribution in [3.63, 3.8) is 0 Å². The zero-order chi connectivity index (χ0) is 43.0. The Labute approximate surface area is 322 Å². The van der Waals surface area contributed by atoms with Gasteiger partial charge in [-0.3, -0.25) is 19.9 Å². The molecule has 0 amide bonds. The van der Waals surface area contributed by atoms with Gasteiger partial charge in [0.15, 0.2) is 9.49 Å². The van der Waals surface area contributed by atoms with E-state index in [2.05, 4.69) is 19.7 Å². The minimum Gasteiger partial charge on any atom is -0.405 e. The molecule has 4 unspecified atom stereocenters. The fraction of sp³-hybridized carbons (Fsp3) is 0.176. The van der Waals surface area contributed by atoms with Crippen LogP contribution in [0, 0.1) is 10.8 Å². The molecule has 58 heavy (non-hydrogen) atoms. The molecule has 306 valence electrons. The molecule has 0 spiro atoms. The van der Waals surface area contributed by atoms with Gasteiger partial charge < -0.3 is 31.4 Å². The van der Waals surface area contributed by atoms with Crippen LogP contribution in [0.4, 0.5) is 26.3 Å². The third kappa shape index (κ3) is 6.33. The van der Waals surface area contributed by atoms with Crippen LogP contribution in [0.3, 0.4) is 0 Å². The molecule has 0 radical (unpaired) electrons. The van der Waals surface area contributed by atoms with E-state index in [4.69, 9.17) is 22.5 Å². The van der Waals surface area contributed by atoms with Gasteiger partial charge in [-0.25, -0.2) is 0 Å². The second-order valence-electron chi connectivity index (χ2n) is 12.6. The summed E-state index contributed by atoms with van der Waals surface area (Å²) in [5.41, 5.74) is -8.32. The van der Waals surface area contributed by atoms with Crippen LogP contribution in [-0.4, -0.2) is 83.9 Å². The van der Waals surface area contributed by atoms with E-state index < -0.39 is 122 Å². The Morgan fingerprint density at radius 1 is 0.586 bits per heavy atom. The maximum absolute atomic E-state index is 14.1. The van der Waals surface area contributed by atoms with Gasteiger partial charge in [0, 0.05) is 22.3 Å². The van der Waals surface area contributed by atoms with Crippen molar-refractivity contribution in [3.8, 4) is 22.6 Å². The minimum absolute atomic E-state index is 0.349. The van der Waals surface area contributed by atoms with Crippen LogP contribution < -0.4 is 21.2 Å². The van der Waals surface area contributed by atoms with Gasteiger partial charge in [0.25, 0.3) is 20.2 Å². The number of rotatable bonds is 7. The lowest BCUT2D eigenvalue weighted by atomic mass is 9.73. The van der Waals surface area contributed by atoms with Crippen LogP contribution in [-0.2, 0) is 29.7 Å². The van der Waals surface area contributed by atoms with Crippen LogP contribution in [0.2, 0.25) is 0 Å². The molecule has 24 heteroatoms. The zero-order valence-electron chi connectivity index (χ0n) is 28.6. The molecule has 6 rings (SSSR count). The molecule has 2 aliphatic carbocycles. The summed E-state index contributed by atoms with van der Waals surface area (Å²) in [7, 11) is -11.7. The average molecular weight is 857 g/mol. The van der Waals surface area contributed by atoms with E-state index in [0.717, 1.165) is 36.4 Å². The summed E-state index contributed by atoms with van der Waals surface area (Å²) in [5, 5.41) is 46.2. The molecule has 0 bridgehead atoms. The van der Waals surface area contributed by atoms with E-state index in [1.54, 1.807) is 0 Å². The Bertz CT molecular complexity index is 2510. The Kier molecular flexibility index (Phi) is 9.98. The molecule has 4 aromatic carbocycles. The number of nitrogens with two attached hydrogens (primary N) is 2. The van der Waals surface area contributed by atoms with Crippen LogP contribution in [0.15, 0.2) is 95.1 Å². The number of hydrazone groups is 2. The summed E-state index contributed by atoms with van der Waals surface area (Å²) < 4.78 is 162. The van der Waals surface area contributed by atoms with E-state index in [-0.39, 0.29) is 11.1 Å². The molecule has 4 aromatic rings. The molecule has 0 saturated carbocycles. The van der Waals surface area contributed by atoms with Gasteiger partial charge in [0.2, 0.25) is 0 Å². The van der Waals surface area contributed by atoms with Crippen LogP contribution in [0.25, 0.3) is 11.1 Å². The summed E-state index contributed by atoms with van der Waals surface area (Å²) in [6.45, 7) is 0. The summed E-state index contributed by atoms with van der Waals surface area (Å²) in [5.74, 6) is 7.79. The number of hydrogen-bond acceptors (Lipinski definition) is 14. The number of nitrogens with one attached hydrogen (secondary N) is 2. The second-order valence-corrected chi connectivity index (χ2v) is 15.8. The number of ether oxygens (including phenoxy) is 2. The lowest BCUT2D eigenvalue weighted by Crippen LogP contribution is -2.57. The Balaban J connectivity index is 1.68. The Morgan fingerprint density at radius 3 is 1.21 bits per heavy atom. The molecule has 4 atom stereocenters. The highest BCUT2D eigenvalue weighted by atomic mass is 32.2. The number of aliphatic hydroxyl groups excluding tert-OH is 2. The highest BCUT2D eigenvalue weighted by molar-refractivity contribution is 7.87. The third-order valence-corrected chi connectivity index (χ3v) is 12.6. The molecule has 0 aromatic heterocycles. The van der Waals surface area contributed by atoms with Gasteiger partial charge in [-0.1, -0.05) is 72.8 Å². The predicted molar refractivity (Wildman–Crippen MR) is 192 cm³/mol. The van der Waals surface area contributed by atoms with E-state index >= 15 is 0 Å². The van der Waals surface area contributed by atoms with E-state index in [9.17, 15) is 62.5 Å². The number of aliphatic hydroxyl groups is 2. The lowest BCUT2D eigenvalue weighted by molar-refractivity contribution is -0.276. The molecule has 10 N–H and O–H groups in total. The minimum atomic E-state index is -5.84. The fourth-order valence-corrected chi connectivity index (χ4v) is 10.0. The number of hydrogen-bond donors (Lipinski definition) is 8. The van der Waals surface area contributed by atoms with Crippen LogP contribution in [0.5, 0.6) is 11.5 Å². The largest absolute Gasteiger partial charge is 0.573 e. The third-order valence-electron chi connectivity index (χ3n) is 9.63. The van der Waals surface area contributed by atoms with Gasteiger partial charge >= 0.3 is 12.7 Å². The van der Waals surface area contributed by atoms with Gasteiger partial charge in [-0.2, -0.15) is 27.0 Å². The number of fused-ring (bicyclic) bond motifs is 2. The lowest BCUT2D eigenvalue weighted by Gasteiger charge is -2.42. The predicted octanol–water partition coefficient (Wildman–Crippen LogP) is 3.53. The van der Waals surface area contributed by atoms with Crippen LogP contribution in [0.1, 0.15) is 33.4 Å². The van der Waals surface area contributed by atoms with E-state index in [1.165, 1.54) is 24.3 Å². The van der Waals surface area contributed by atoms with Crippen LogP contribution >= 0.6 is 0 Å². The van der Waals surface area contributed by atoms with Crippen molar-refractivity contribution < 1.29 is 72.0 Å². The topological polar surface area (TPSA) is 292 Å². The molecule has 16 nitrogen and oxygen atoms in total. The first kappa shape index (κ1) is 41.7. The highest BCUT2D eigenvalue weighted by Crippen LogP contribution is 2.53. The fourth-order valence-electron chi connectivity index (χ4n) is 7.41. The maximum atomic E-state index is 14.1. The first-order valence-corrected chi connectivity index (χ1v) is 18.8. The van der Waals surface area contributed by atoms with Crippen molar-refractivity contribution in [2.24, 2.45) is 21.9 Å². The molecule has 0 heterocycles. The zero-order valence-corrected chi connectivity index (χ0v) is 30.2. The summed E-state index contributed by atoms with van der Waals surface area (Å²) >= 11 is 0. The standard InChI is InChI=1S/C34H26F6N6O10S2/c35-33(36,37)55-23-13-15(9-11-21(23)31(57(49,50)51)19-7-3-1-5-17(19)25(41)27(45-43)29(31)47)16-10-12-22(24(14-16)56-34(38,39)40)32(58(52,53)54)20-8-4-2-6-18(20)26(42)28(46-44)30(32)48/h1-14,29-30,41-42,47-48H,43-44H2,(H,49,50,51)(H,52,53,54). The van der Waals surface area contributed by atoms with E-state index in [0.29, 0.717) is 24.3 Å². The molecular formula is C34H26F6N6O10S2. The molecule has 0 aliphatic heterocycles. The summed E-state index contributed by atoms with van der Waals surface area (Å²) in [6, 6.07) is 13.0. The maximum Gasteiger partial charge on any atom is 0.573 e. The van der Waals surface area contributed by atoms with Gasteiger partial charge in [0.05, 0.1) is 11.4 Å². The van der Waals surface area contributed by atoms with Crippen molar-refractivity contribution in [1.82, 2.24) is 0 Å². The first-order valence-electron chi connectivity index (χ1n) is 15.9. The van der Waals surface area contributed by atoms with E-state index in [1.807, 2.05) is 0 Å². The van der Waals surface area contributed by atoms with Gasteiger partial charge in [0.1, 0.15) is 35.1 Å². The highest BCUT2D eigenvalue weighted by Gasteiger charge is 2.62. The molecule has 0 fully saturated rings. The molecule has 0 saturated heterocycles. The first-order chi connectivity index (χ1) is 26.9. The van der Waals surface area contributed by atoms with Crippen molar-refractivity contribution >= 4 is 43.1 Å². The number of halogens is 6. The van der Waals surface area contributed by atoms with Gasteiger partial charge in [-0.15, -0.1) is 26.3 Å². The quantitative estimate of drug-likeness (QED) is 0.0574. The summed E-state index contributed by atoms with van der Waals surface area (Å²) in [6.07, 6.45) is -16.7. The second kappa shape index (κ2) is 13.9. The smallest absolute Gasteiger partial charge is 0.405 e. The van der Waals surface area contributed by atoms with Crippen molar-refractivity contribution in [3.05, 3.63) is 118 Å². The Hall–Kier alpha value is -5.92.